The molecule has 0 spiro atoms. The minimum Gasteiger partial charge on any atom is -0.474 e. The van der Waals surface area contributed by atoms with E-state index in [0.29, 0.717) is 18.4 Å². The summed E-state index contributed by atoms with van der Waals surface area (Å²) in [5, 5.41) is 4.91. The first-order valence-electron chi connectivity index (χ1n) is 10.1. The number of alkyl carbamates (subject to hydrolysis) is 1. The zero-order chi connectivity index (χ0) is 21.3. The van der Waals surface area contributed by atoms with E-state index in [1.807, 2.05) is 45.1 Å². The number of amides is 1. The van der Waals surface area contributed by atoms with Gasteiger partial charge in [0, 0.05) is 29.3 Å². The Morgan fingerprint density at radius 2 is 2.10 bits per heavy atom. The number of nitrogens with one attached hydrogen (secondary N) is 1. The molecule has 1 atom stereocenters. The van der Waals surface area contributed by atoms with Crippen molar-refractivity contribution in [1.82, 2.24) is 10.3 Å². The molecule has 5 nitrogen and oxygen atoms in total. The van der Waals surface area contributed by atoms with Crippen LogP contribution >= 0.6 is 22.9 Å². The Morgan fingerprint density at radius 3 is 2.80 bits per heavy atom. The summed E-state index contributed by atoms with van der Waals surface area (Å²) in [6.45, 7) is 5.60. The summed E-state index contributed by atoms with van der Waals surface area (Å²) in [6, 6.07) is 6.12. The SMILES string of the molecule is CC(C)OC(=O)NC1=CC=C(c2cc(-c3ccnc(OC4CC4)c3)cs2)C(C)(Cl)C1. The number of allylic oxidation sites excluding steroid dienone is 4. The van der Waals surface area contributed by atoms with E-state index in [2.05, 4.69) is 21.7 Å². The van der Waals surface area contributed by atoms with Gasteiger partial charge in [0.2, 0.25) is 5.88 Å². The summed E-state index contributed by atoms with van der Waals surface area (Å²) in [7, 11) is 0. The molecule has 0 aromatic carbocycles. The Labute approximate surface area is 185 Å². The van der Waals surface area contributed by atoms with Gasteiger partial charge in [-0.2, -0.15) is 0 Å². The smallest absolute Gasteiger partial charge is 0.411 e. The van der Waals surface area contributed by atoms with Gasteiger partial charge in [0.1, 0.15) is 6.10 Å². The van der Waals surface area contributed by atoms with Crippen molar-refractivity contribution in [1.29, 1.82) is 0 Å². The molecule has 2 aliphatic rings. The average Bonchev–Trinajstić information content (AvgIpc) is 3.33. The standard InChI is InChI=1S/C23H25ClN2O3S/c1-14(2)28-22(27)26-17-4-7-19(23(3,24)12-17)20-10-16(13-30-20)15-8-9-25-21(11-15)29-18-5-6-18/h4,7-11,13-14,18H,5-6,12H2,1-3H3,(H,26,27). The van der Waals surface area contributed by atoms with E-state index in [9.17, 15) is 4.79 Å². The van der Waals surface area contributed by atoms with Crippen molar-refractivity contribution in [2.45, 2.75) is 57.1 Å². The maximum absolute atomic E-state index is 11.9. The van der Waals surface area contributed by atoms with Gasteiger partial charge in [-0.15, -0.1) is 22.9 Å². The molecule has 158 valence electrons. The number of carbonyl (C=O) groups excluding carboxylic acids is 1. The summed E-state index contributed by atoms with van der Waals surface area (Å²) >= 11 is 8.53. The molecule has 2 aliphatic carbocycles. The molecule has 0 radical (unpaired) electrons. The van der Waals surface area contributed by atoms with Crippen molar-refractivity contribution in [3.8, 4) is 17.0 Å². The van der Waals surface area contributed by atoms with E-state index < -0.39 is 11.0 Å². The predicted molar refractivity (Wildman–Crippen MR) is 121 cm³/mol. The minimum atomic E-state index is -0.629. The molecular weight excluding hydrogens is 420 g/mol. The molecule has 7 heteroatoms. The summed E-state index contributed by atoms with van der Waals surface area (Å²) in [6.07, 6.45) is 8.08. The molecule has 1 N–H and O–H groups in total. The van der Waals surface area contributed by atoms with Crippen molar-refractivity contribution >= 4 is 34.6 Å². The number of alkyl halides is 1. The van der Waals surface area contributed by atoms with Crippen LogP contribution in [-0.2, 0) is 4.74 Å². The average molecular weight is 445 g/mol. The monoisotopic (exact) mass is 444 g/mol. The normalized spacial score (nSPS) is 21.1. The van der Waals surface area contributed by atoms with Crippen LogP contribution in [-0.4, -0.2) is 28.2 Å². The van der Waals surface area contributed by atoms with Crippen LogP contribution in [0.1, 0.15) is 44.9 Å². The van der Waals surface area contributed by atoms with E-state index >= 15 is 0 Å². The number of aromatic nitrogens is 1. The molecule has 2 aromatic rings. The van der Waals surface area contributed by atoms with Crippen LogP contribution < -0.4 is 10.1 Å². The Kier molecular flexibility index (Phi) is 5.89. The van der Waals surface area contributed by atoms with E-state index in [1.165, 1.54) is 0 Å². The van der Waals surface area contributed by atoms with Crippen LogP contribution in [0.5, 0.6) is 5.88 Å². The zero-order valence-electron chi connectivity index (χ0n) is 17.3. The van der Waals surface area contributed by atoms with Gasteiger partial charge in [-0.05, 0) is 73.9 Å². The Bertz CT molecular complexity index is 1010. The maximum atomic E-state index is 11.9. The number of pyridine rings is 1. The number of hydrogen-bond acceptors (Lipinski definition) is 5. The molecule has 0 aliphatic heterocycles. The van der Waals surface area contributed by atoms with Crippen LogP contribution in [0.2, 0.25) is 0 Å². The van der Waals surface area contributed by atoms with Gasteiger partial charge in [-0.25, -0.2) is 9.78 Å². The molecule has 2 heterocycles. The number of hydrogen-bond donors (Lipinski definition) is 1. The lowest BCUT2D eigenvalue weighted by Crippen LogP contribution is -2.32. The van der Waals surface area contributed by atoms with Crippen molar-refractivity contribution in [2.75, 3.05) is 0 Å². The minimum absolute atomic E-state index is 0.171. The van der Waals surface area contributed by atoms with Gasteiger partial charge < -0.3 is 9.47 Å². The van der Waals surface area contributed by atoms with Crippen LogP contribution in [0.3, 0.4) is 0 Å². The second kappa shape index (κ2) is 8.44. The van der Waals surface area contributed by atoms with Gasteiger partial charge in [0.25, 0.3) is 0 Å². The van der Waals surface area contributed by atoms with Crippen LogP contribution in [0, 0.1) is 0 Å². The first-order chi connectivity index (χ1) is 14.3. The third-order valence-electron chi connectivity index (χ3n) is 4.89. The highest BCUT2D eigenvalue weighted by Gasteiger charge is 2.32. The molecular formula is C23H25ClN2O3S. The molecule has 0 bridgehead atoms. The quantitative estimate of drug-likeness (QED) is 0.542. The van der Waals surface area contributed by atoms with Crippen molar-refractivity contribution in [2.24, 2.45) is 0 Å². The molecule has 1 saturated carbocycles. The number of nitrogens with zero attached hydrogens (tertiary/aromatic N) is 1. The van der Waals surface area contributed by atoms with E-state index in [4.69, 9.17) is 21.1 Å². The van der Waals surface area contributed by atoms with Gasteiger partial charge >= 0.3 is 6.09 Å². The maximum Gasteiger partial charge on any atom is 0.411 e. The van der Waals surface area contributed by atoms with E-state index in [1.54, 1.807) is 17.5 Å². The van der Waals surface area contributed by atoms with Crippen molar-refractivity contribution in [3.05, 3.63) is 52.5 Å². The Hall–Kier alpha value is -2.31. The highest BCUT2D eigenvalue weighted by molar-refractivity contribution is 7.11. The Morgan fingerprint density at radius 1 is 1.30 bits per heavy atom. The fourth-order valence-electron chi connectivity index (χ4n) is 3.31. The number of rotatable bonds is 6. The van der Waals surface area contributed by atoms with Crippen LogP contribution in [0.25, 0.3) is 16.7 Å². The molecule has 4 rings (SSSR count). The first kappa shape index (κ1) is 20.9. The Balaban J connectivity index is 1.52. The van der Waals surface area contributed by atoms with Gasteiger partial charge in [-0.1, -0.05) is 6.08 Å². The number of ether oxygens (including phenoxy) is 2. The van der Waals surface area contributed by atoms with Gasteiger partial charge in [0.15, 0.2) is 0 Å². The number of carbonyl (C=O) groups is 1. The summed E-state index contributed by atoms with van der Waals surface area (Å²) < 4.78 is 11.0. The number of thiophene rings is 1. The molecule has 2 aromatic heterocycles. The van der Waals surface area contributed by atoms with Crippen molar-refractivity contribution < 1.29 is 14.3 Å². The summed E-state index contributed by atoms with van der Waals surface area (Å²) in [5.74, 6) is 0.675. The molecule has 0 saturated heterocycles. The molecule has 1 amide bonds. The fraction of sp³-hybridized carbons (Fsp3) is 0.391. The predicted octanol–water partition coefficient (Wildman–Crippen LogP) is 6.15. The fourth-order valence-corrected chi connectivity index (χ4v) is 4.75. The topological polar surface area (TPSA) is 60.5 Å². The van der Waals surface area contributed by atoms with E-state index in [0.717, 1.165) is 40.1 Å². The lowest BCUT2D eigenvalue weighted by molar-refractivity contribution is 0.118. The van der Waals surface area contributed by atoms with E-state index in [-0.39, 0.29) is 6.10 Å². The second-order valence-corrected chi connectivity index (χ2v) is 9.87. The van der Waals surface area contributed by atoms with Gasteiger partial charge in [-0.3, -0.25) is 5.32 Å². The largest absolute Gasteiger partial charge is 0.474 e. The molecule has 30 heavy (non-hydrogen) atoms. The highest BCUT2D eigenvalue weighted by atomic mass is 35.5. The first-order valence-corrected chi connectivity index (χ1v) is 11.4. The molecule has 1 fully saturated rings. The summed E-state index contributed by atoms with van der Waals surface area (Å²) in [5.41, 5.74) is 3.96. The van der Waals surface area contributed by atoms with Crippen molar-refractivity contribution in [3.63, 3.8) is 0 Å². The van der Waals surface area contributed by atoms with Gasteiger partial charge in [0.05, 0.1) is 11.0 Å². The zero-order valence-corrected chi connectivity index (χ0v) is 18.8. The van der Waals surface area contributed by atoms with Crippen LogP contribution in [0.4, 0.5) is 4.79 Å². The third kappa shape index (κ3) is 5.05. The second-order valence-electron chi connectivity index (χ2n) is 8.13. The lowest BCUT2D eigenvalue weighted by atomic mass is 9.89. The highest BCUT2D eigenvalue weighted by Crippen LogP contribution is 2.43. The van der Waals surface area contributed by atoms with Crippen LogP contribution in [0.15, 0.2) is 47.6 Å². The number of halogens is 1. The third-order valence-corrected chi connectivity index (χ3v) is 6.19. The lowest BCUT2D eigenvalue weighted by Gasteiger charge is -2.29. The summed E-state index contributed by atoms with van der Waals surface area (Å²) in [4.78, 5) is 16.7. The molecule has 1 unspecified atom stereocenters.